The van der Waals surface area contributed by atoms with E-state index in [4.69, 9.17) is 31.0 Å². The molecule has 0 bridgehead atoms. The number of hydrogen-bond acceptors (Lipinski definition) is 5. The molecule has 8 heteroatoms. The second-order valence-electron chi connectivity index (χ2n) is 10.4. The van der Waals surface area contributed by atoms with Crippen LogP contribution in [0.25, 0.3) is 22.6 Å². The minimum absolute atomic E-state index is 0.213. The third kappa shape index (κ3) is 6.05. The number of piperidine rings is 1. The van der Waals surface area contributed by atoms with Crippen LogP contribution in [0.5, 0.6) is 5.75 Å². The molecule has 1 N–H and O–H groups in total. The molecule has 1 fully saturated rings. The summed E-state index contributed by atoms with van der Waals surface area (Å²) in [6.07, 6.45) is 1.34. The number of amides is 1. The molecule has 5 rings (SSSR count). The maximum absolute atomic E-state index is 12.4. The van der Waals surface area contributed by atoms with Gasteiger partial charge >= 0.3 is 6.09 Å². The number of H-pyrrole nitrogens is 1. The molecule has 37 heavy (non-hydrogen) atoms. The van der Waals surface area contributed by atoms with Crippen molar-refractivity contribution in [2.24, 2.45) is 0 Å². The number of carbonyl (C=O) groups is 1. The number of halogens is 1. The van der Waals surface area contributed by atoms with Crippen molar-refractivity contribution in [2.75, 3.05) is 13.1 Å². The van der Waals surface area contributed by atoms with Crippen molar-refractivity contribution in [1.29, 1.82) is 0 Å². The van der Waals surface area contributed by atoms with E-state index in [1.54, 1.807) is 4.90 Å². The molecule has 2 aromatic heterocycles. The van der Waals surface area contributed by atoms with Gasteiger partial charge in [0.25, 0.3) is 0 Å². The van der Waals surface area contributed by atoms with Crippen molar-refractivity contribution >= 4 is 28.9 Å². The van der Waals surface area contributed by atoms with Crippen molar-refractivity contribution in [3.05, 3.63) is 76.9 Å². The number of ether oxygens (including phenoxy) is 2. The topological polar surface area (TPSA) is 80.3 Å². The highest BCUT2D eigenvalue weighted by molar-refractivity contribution is 6.34. The summed E-state index contributed by atoms with van der Waals surface area (Å²) in [5.74, 6) is 1.78. The first-order chi connectivity index (χ1) is 17.7. The van der Waals surface area contributed by atoms with Gasteiger partial charge in [-0.3, -0.25) is 0 Å². The smallest absolute Gasteiger partial charge is 0.410 e. The van der Waals surface area contributed by atoms with Gasteiger partial charge in [0.2, 0.25) is 0 Å². The first kappa shape index (κ1) is 25.1. The molecule has 0 saturated carbocycles. The van der Waals surface area contributed by atoms with E-state index in [9.17, 15) is 4.79 Å². The molecule has 0 unspecified atom stereocenters. The molecule has 2 aromatic carbocycles. The summed E-state index contributed by atoms with van der Waals surface area (Å²) in [4.78, 5) is 27.1. The van der Waals surface area contributed by atoms with Gasteiger partial charge in [-0.25, -0.2) is 14.8 Å². The van der Waals surface area contributed by atoms with Crippen molar-refractivity contribution in [1.82, 2.24) is 19.9 Å². The Bertz CT molecular complexity index is 1370. The minimum atomic E-state index is -0.498. The van der Waals surface area contributed by atoms with Gasteiger partial charge in [0.05, 0.1) is 5.02 Å². The molecule has 1 aliphatic rings. The van der Waals surface area contributed by atoms with Crippen LogP contribution in [0.15, 0.2) is 60.7 Å². The Hall–Kier alpha value is -3.58. The quantitative estimate of drug-likeness (QED) is 0.308. The number of nitrogens with one attached hydrogen (secondary N) is 1. The Morgan fingerprint density at radius 3 is 2.43 bits per heavy atom. The van der Waals surface area contributed by atoms with Gasteiger partial charge in [-0.2, -0.15) is 0 Å². The number of aromatic amines is 1. The van der Waals surface area contributed by atoms with Crippen LogP contribution in [0.4, 0.5) is 4.79 Å². The summed E-state index contributed by atoms with van der Waals surface area (Å²) >= 11 is 6.65. The molecule has 1 saturated heterocycles. The summed E-state index contributed by atoms with van der Waals surface area (Å²) in [6.45, 7) is 7.39. The largest absolute Gasteiger partial charge is 0.489 e. The van der Waals surface area contributed by atoms with Crippen molar-refractivity contribution in [3.63, 3.8) is 0 Å². The van der Waals surface area contributed by atoms with Gasteiger partial charge < -0.3 is 19.4 Å². The SMILES string of the molecule is CC(C)(C)OC(=O)N1CCC(c2cc(Cl)c3[nH]c(-c4ccc(COc5ccccc5)cc4)nc3n2)CC1. The van der Waals surface area contributed by atoms with E-state index in [2.05, 4.69) is 4.98 Å². The van der Waals surface area contributed by atoms with E-state index in [1.807, 2.05) is 81.4 Å². The first-order valence-corrected chi connectivity index (χ1v) is 12.9. The molecule has 1 aliphatic heterocycles. The van der Waals surface area contributed by atoms with Crippen molar-refractivity contribution in [3.8, 4) is 17.1 Å². The fourth-order valence-corrected chi connectivity index (χ4v) is 4.68. The Balaban J connectivity index is 1.26. The highest BCUT2D eigenvalue weighted by Gasteiger charge is 2.28. The predicted octanol–water partition coefficient (Wildman–Crippen LogP) is 6.97. The van der Waals surface area contributed by atoms with Gasteiger partial charge in [0.1, 0.15) is 29.3 Å². The summed E-state index contributed by atoms with van der Waals surface area (Å²) in [6, 6.07) is 19.8. The zero-order valence-corrected chi connectivity index (χ0v) is 22.1. The number of benzene rings is 2. The van der Waals surface area contributed by atoms with Crippen LogP contribution in [-0.4, -0.2) is 44.6 Å². The van der Waals surface area contributed by atoms with E-state index >= 15 is 0 Å². The molecule has 1 amide bonds. The second-order valence-corrected chi connectivity index (χ2v) is 10.8. The lowest BCUT2D eigenvalue weighted by Gasteiger charge is -2.33. The molecular formula is C29H31ClN4O3. The Kier molecular flexibility index (Phi) is 7.07. The van der Waals surface area contributed by atoms with E-state index in [0.717, 1.165) is 46.8 Å². The molecule has 3 heterocycles. The van der Waals surface area contributed by atoms with Gasteiger partial charge in [0.15, 0.2) is 5.65 Å². The van der Waals surface area contributed by atoms with Crippen LogP contribution >= 0.6 is 11.6 Å². The van der Waals surface area contributed by atoms with E-state index in [0.29, 0.717) is 30.4 Å². The van der Waals surface area contributed by atoms with Gasteiger partial charge in [-0.15, -0.1) is 0 Å². The summed E-state index contributed by atoms with van der Waals surface area (Å²) in [7, 11) is 0. The third-order valence-electron chi connectivity index (χ3n) is 6.37. The lowest BCUT2D eigenvalue weighted by molar-refractivity contribution is 0.0204. The zero-order chi connectivity index (χ0) is 26.0. The monoisotopic (exact) mass is 518 g/mol. The van der Waals surface area contributed by atoms with Gasteiger partial charge in [-0.05, 0) is 57.4 Å². The standard InChI is InChI=1S/C29H31ClN4O3/c1-29(2,3)37-28(35)34-15-13-20(14-16-34)24-17-23(30)25-27(31-24)33-26(32-25)21-11-9-19(10-12-21)18-36-22-7-5-4-6-8-22/h4-12,17,20H,13-16,18H2,1-3H3,(H,31,32,33). The average Bonchev–Trinajstić information content (AvgIpc) is 3.32. The van der Waals surface area contributed by atoms with E-state index in [1.165, 1.54) is 0 Å². The lowest BCUT2D eigenvalue weighted by atomic mass is 9.93. The fourth-order valence-electron chi connectivity index (χ4n) is 4.44. The third-order valence-corrected chi connectivity index (χ3v) is 6.67. The highest BCUT2D eigenvalue weighted by Crippen LogP contribution is 2.32. The maximum Gasteiger partial charge on any atom is 0.410 e. The predicted molar refractivity (Wildman–Crippen MR) is 145 cm³/mol. The number of aromatic nitrogens is 3. The van der Waals surface area contributed by atoms with E-state index < -0.39 is 5.60 Å². The lowest BCUT2D eigenvalue weighted by Crippen LogP contribution is -2.41. The van der Waals surface area contributed by atoms with E-state index in [-0.39, 0.29) is 12.0 Å². The number of rotatable bonds is 5. The number of fused-ring (bicyclic) bond motifs is 1. The zero-order valence-electron chi connectivity index (χ0n) is 21.3. The number of nitrogens with zero attached hydrogens (tertiary/aromatic N) is 3. The molecule has 192 valence electrons. The maximum atomic E-state index is 12.4. The van der Waals surface area contributed by atoms with Gasteiger partial charge in [0, 0.05) is 30.3 Å². The molecular weight excluding hydrogens is 488 g/mol. The number of hydrogen-bond donors (Lipinski definition) is 1. The Morgan fingerprint density at radius 1 is 1.05 bits per heavy atom. The number of pyridine rings is 1. The Morgan fingerprint density at radius 2 is 1.76 bits per heavy atom. The number of para-hydroxylation sites is 1. The van der Waals surface area contributed by atoms with Crippen LogP contribution in [0, 0.1) is 0 Å². The first-order valence-electron chi connectivity index (χ1n) is 12.6. The number of carbonyl (C=O) groups excluding carboxylic acids is 1. The highest BCUT2D eigenvalue weighted by atomic mass is 35.5. The summed E-state index contributed by atoms with van der Waals surface area (Å²) < 4.78 is 11.3. The van der Waals surface area contributed by atoms with Crippen LogP contribution in [0.2, 0.25) is 5.02 Å². The molecule has 7 nitrogen and oxygen atoms in total. The molecule has 0 spiro atoms. The van der Waals surface area contributed by atoms with Crippen molar-refractivity contribution in [2.45, 2.75) is 51.7 Å². The van der Waals surface area contributed by atoms with Crippen LogP contribution in [0.3, 0.4) is 0 Å². The molecule has 0 atom stereocenters. The number of imidazole rings is 1. The average molecular weight is 519 g/mol. The van der Waals surface area contributed by atoms with Crippen LogP contribution in [0.1, 0.15) is 50.8 Å². The number of likely N-dealkylation sites (tertiary alicyclic amines) is 1. The minimum Gasteiger partial charge on any atom is -0.489 e. The Labute approximate surface area is 221 Å². The summed E-state index contributed by atoms with van der Waals surface area (Å²) in [5, 5.41) is 0.598. The molecule has 4 aromatic rings. The summed E-state index contributed by atoms with van der Waals surface area (Å²) in [5.41, 5.74) is 3.76. The fraction of sp³-hybridized carbons (Fsp3) is 0.345. The van der Waals surface area contributed by atoms with Crippen molar-refractivity contribution < 1.29 is 14.3 Å². The normalized spacial score (nSPS) is 14.6. The molecule has 0 aliphatic carbocycles. The second kappa shape index (κ2) is 10.4. The van der Waals surface area contributed by atoms with Crippen LogP contribution < -0.4 is 4.74 Å². The van der Waals surface area contributed by atoms with Crippen LogP contribution in [-0.2, 0) is 11.3 Å². The molecule has 0 radical (unpaired) electrons. The van der Waals surface area contributed by atoms with Gasteiger partial charge in [-0.1, -0.05) is 54.1 Å².